The van der Waals surface area contributed by atoms with E-state index in [0.717, 1.165) is 30.1 Å². The maximum Gasteiger partial charge on any atom is 4.00 e. The minimum atomic E-state index is 0. The number of fused-ring (bicyclic) bond motifs is 3. The van der Waals surface area contributed by atoms with E-state index in [2.05, 4.69) is 42.9 Å². The fourth-order valence-electron chi connectivity index (χ4n) is 3.79. The van der Waals surface area contributed by atoms with Crippen molar-refractivity contribution >= 4 is 0 Å². The predicted octanol–water partition coefficient (Wildman–Crippen LogP) is -1.32. The summed E-state index contributed by atoms with van der Waals surface area (Å²) in [6.45, 7) is 0. The fourth-order valence-corrected chi connectivity index (χ4v) is 3.79. The topological polar surface area (TPSA) is 0 Å². The molecule has 0 aromatic carbocycles. The average Bonchev–Trinajstić information content (AvgIpc) is 3.10. The zero-order chi connectivity index (χ0) is 12.2. The smallest absolute Gasteiger partial charge is 1.00 e. The maximum absolute atomic E-state index is 2.99. The Balaban J connectivity index is 0.000000437. The molecule has 2 fully saturated rings. The van der Waals surface area contributed by atoms with Crippen molar-refractivity contribution in [2.45, 2.75) is 32.1 Å². The van der Waals surface area contributed by atoms with Gasteiger partial charge in [0.15, 0.2) is 0 Å². The van der Waals surface area contributed by atoms with Gasteiger partial charge in [-0.05, 0) is 5.92 Å². The zero-order valence-electron chi connectivity index (χ0n) is 12.2. The van der Waals surface area contributed by atoms with Gasteiger partial charge in [-0.2, -0.15) is 12.0 Å². The summed E-state index contributed by atoms with van der Waals surface area (Å²) in [5.74, 6) is 3.56. The normalized spacial score (nSPS) is 33.5. The van der Waals surface area contributed by atoms with E-state index in [1.807, 2.05) is 12.2 Å². The van der Waals surface area contributed by atoms with Gasteiger partial charge in [-0.3, -0.25) is 6.08 Å². The number of allylic oxidation sites excluding steroid dienone is 8. The molecule has 0 N–H and O–H groups in total. The number of halogens is 2. The van der Waals surface area contributed by atoms with Crippen LogP contribution in [0.1, 0.15) is 32.1 Å². The molecular weight excluding hydrogens is 378 g/mol. The van der Waals surface area contributed by atoms with Crippen LogP contribution in [0.2, 0.25) is 0 Å². The first-order valence-corrected chi connectivity index (χ1v) is 7.37. The average molecular weight is 401 g/mol. The molecule has 2 saturated carbocycles. The first kappa shape index (κ1) is 21.4. The van der Waals surface area contributed by atoms with Crippen LogP contribution in [0.25, 0.3) is 0 Å². The van der Waals surface area contributed by atoms with Gasteiger partial charge in [0, 0.05) is 0 Å². The Morgan fingerprint density at radius 3 is 2.38 bits per heavy atom. The van der Waals surface area contributed by atoms with Crippen LogP contribution in [0.4, 0.5) is 0 Å². The second-order valence-electron chi connectivity index (χ2n) is 5.73. The number of hydrogen-bond donors (Lipinski definition) is 0. The van der Waals surface area contributed by atoms with Crippen molar-refractivity contribution < 1.29 is 51.0 Å². The van der Waals surface area contributed by atoms with E-state index in [0.29, 0.717) is 0 Å². The molecule has 0 nitrogen and oxygen atoms in total. The van der Waals surface area contributed by atoms with Gasteiger partial charge in [0.05, 0.1) is 0 Å². The Hall–Kier alpha value is 0.423. The molecule has 0 aromatic heterocycles. The van der Waals surface area contributed by atoms with Gasteiger partial charge in [-0.15, -0.1) is 18.4 Å². The van der Waals surface area contributed by atoms with Gasteiger partial charge < -0.3 is 31.2 Å². The van der Waals surface area contributed by atoms with E-state index >= 15 is 0 Å². The summed E-state index contributed by atoms with van der Waals surface area (Å²) >= 11 is 0. The molecule has 0 aromatic rings. The monoisotopic (exact) mass is 398 g/mol. The maximum atomic E-state index is 2.99. The summed E-state index contributed by atoms with van der Waals surface area (Å²) in [6.07, 6.45) is 27.8. The second kappa shape index (κ2) is 11.0. The van der Waals surface area contributed by atoms with E-state index < -0.39 is 0 Å². The predicted molar refractivity (Wildman–Crippen MR) is 76.6 cm³/mol. The molecular formula is C18H22Cl2Zr. The molecule has 4 aliphatic carbocycles. The van der Waals surface area contributed by atoms with Crippen LogP contribution in [0.5, 0.6) is 0 Å². The van der Waals surface area contributed by atoms with E-state index in [9.17, 15) is 0 Å². The van der Waals surface area contributed by atoms with Crippen LogP contribution in [-0.4, -0.2) is 0 Å². The number of hydrogen-bond acceptors (Lipinski definition) is 0. The summed E-state index contributed by atoms with van der Waals surface area (Å²) in [4.78, 5) is 0. The van der Waals surface area contributed by atoms with Gasteiger partial charge in [0.2, 0.25) is 0 Å². The molecule has 112 valence electrons. The fraction of sp³-hybridized carbons (Fsp3) is 0.500. The first-order chi connectivity index (χ1) is 8.95. The molecule has 0 heterocycles. The third-order valence-electron chi connectivity index (χ3n) is 4.65. The molecule has 4 aliphatic rings. The zero-order valence-corrected chi connectivity index (χ0v) is 16.2. The molecule has 4 rings (SSSR count). The van der Waals surface area contributed by atoms with Crippen molar-refractivity contribution in [2.75, 3.05) is 0 Å². The van der Waals surface area contributed by atoms with Crippen molar-refractivity contribution in [3.05, 3.63) is 55.0 Å². The van der Waals surface area contributed by atoms with E-state index in [1.54, 1.807) is 0 Å². The third kappa shape index (κ3) is 5.52. The summed E-state index contributed by atoms with van der Waals surface area (Å²) in [5.41, 5.74) is 0. The third-order valence-corrected chi connectivity index (χ3v) is 4.65. The van der Waals surface area contributed by atoms with Gasteiger partial charge >= 0.3 is 26.2 Å². The van der Waals surface area contributed by atoms with E-state index in [4.69, 9.17) is 0 Å². The molecule has 0 radical (unpaired) electrons. The second-order valence-corrected chi connectivity index (χ2v) is 5.73. The van der Waals surface area contributed by atoms with Crippen molar-refractivity contribution in [3.8, 4) is 0 Å². The summed E-state index contributed by atoms with van der Waals surface area (Å²) in [6, 6.07) is 0. The van der Waals surface area contributed by atoms with Gasteiger partial charge in [-0.1, -0.05) is 49.8 Å². The first-order valence-electron chi connectivity index (χ1n) is 7.37. The Labute approximate surface area is 161 Å². The van der Waals surface area contributed by atoms with E-state index in [1.165, 1.54) is 25.7 Å². The molecule has 4 unspecified atom stereocenters. The minimum absolute atomic E-state index is 0. The summed E-state index contributed by atoms with van der Waals surface area (Å²) in [5, 5.41) is 0. The van der Waals surface area contributed by atoms with E-state index in [-0.39, 0.29) is 51.0 Å². The Morgan fingerprint density at radius 1 is 0.952 bits per heavy atom. The number of rotatable bonds is 0. The van der Waals surface area contributed by atoms with Crippen LogP contribution in [-0.2, 0) is 26.2 Å². The quantitative estimate of drug-likeness (QED) is 0.443. The standard InChI is InChI=1S/C13H17.C5H5.2ClH.Zr/c1-3-7-12-10(5-1)9-11-6-2-4-8-13(11)12;1-2-4-5-3-1;;;/h1,3,5,7,9-13H,2,4,6,8H2;1-3H,4H2;2*1H;/q2*-1;;;+4/p-2. The van der Waals surface area contributed by atoms with Crippen LogP contribution < -0.4 is 24.8 Å². The molecule has 0 aliphatic heterocycles. The van der Waals surface area contributed by atoms with Crippen molar-refractivity contribution in [1.82, 2.24) is 0 Å². The van der Waals surface area contributed by atoms with Crippen LogP contribution >= 0.6 is 0 Å². The van der Waals surface area contributed by atoms with Crippen LogP contribution in [0.3, 0.4) is 0 Å². The van der Waals surface area contributed by atoms with Gasteiger partial charge in [-0.25, -0.2) is 12.2 Å². The molecule has 0 amide bonds. The minimum Gasteiger partial charge on any atom is -1.00 e. The van der Waals surface area contributed by atoms with Gasteiger partial charge in [0.1, 0.15) is 0 Å². The van der Waals surface area contributed by atoms with Crippen molar-refractivity contribution in [2.24, 2.45) is 23.7 Å². The molecule has 0 bridgehead atoms. The molecule has 21 heavy (non-hydrogen) atoms. The molecule has 0 spiro atoms. The Bertz CT molecular complexity index is 388. The molecule has 0 saturated heterocycles. The van der Waals surface area contributed by atoms with Crippen molar-refractivity contribution in [1.29, 1.82) is 0 Å². The summed E-state index contributed by atoms with van der Waals surface area (Å²) in [7, 11) is 0. The summed E-state index contributed by atoms with van der Waals surface area (Å²) < 4.78 is 0. The molecule has 4 atom stereocenters. The van der Waals surface area contributed by atoms with Gasteiger partial charge in [0.25, 0.3) is 0 Å². The Kier molecular flexibility index (Phi) is 11.3. The largest absolute Gasteiger partial charge is 4.00 e. The van der Waals surface area contributed by atoms with Crippen LogP contribution in [0.15, 0.2) is 42.5 Å². The van der Waals surface area contributed by atoms with Crippen molar-refractivity contribution in [3.63, 3.8) is 0 Å². The molecule has 3 heteroatoms. The Morgan fingerprint density at radius 2 is 1.71 bits per heavy atom. The van der Waals surface area contributed by atoms with Crippen LogP contribution in [0, 0.1) is 36.2 Å². The SMILES string of the molecule is C1=CC2[CH-]C3CCCCC3C2C=C1.[C-]1=CC=CC1.[Cl-].[Cl-].[Zr+4].